The van der Waals surface area contributed by atoms with Gasteiger partial charge in [-0.1, -0.05) is 0 Å². The molecule has 9 nitrogen and oxygen atoms in total. The van der Waals surface area contributed by atoms with E-state index >= 15 is 0 Å². The molecule has 1 fully saturated rings. The minimum Gasteiger partial charge on any atom is -0.479 e. The van der Waals surface area contributed by atoms with Crippen LogP contribution >= 0.6 is 0 Å². The van der Waals surface area contributed by atoms with Crippen molar-refractivity contribution in [1.29, 1.82) is 0 Å². The molecule has 29 heavy (non-hydrogen) atoms. The number of fused-ring (bicyclic) bond motifs is 1. The minimum absolute atomic E-state index is 0.0931. The van der Waals surface area contributed by atoms with Crippen LogP contribution in [-0.4, -0.2) is 55.1 Å². The van der Waals surface area contributed by atoms with E-state index in [9.17, 15) is 30.0 Å². The first-order chi connectivity index (χ1) is 13.1. The molecule has 5 atom stereocenters. The Kier molecular flexibility index (Phi) is 4.59. The molecule has 0 spiro atoms. The highest BCUT2D eigenvalue weighted by atomic mass is 16.7. The first kappa shape index (κ1) is 21.3. The van der Waals surface area contributed by atoms with Gasteiger partial charge >= 0.3 is 11.6 Å². The number of carboxylic acid groups (broad SMARTS) is 1. The van der Waals surface area contributed by atoms with Crippen LogP contribution in [-0.2, 0) is 9.53 Å². The smallest absolute Gasteiger partial charge is 0.336 e. The van der Waals surface area contributed by atoms with E-state index in [-0.39, 0.29) is 11.3 Å². The van der Waals surface area contributed by atoms with Crippen LogP contribution in [0.5, 0.6) is 5.75 Å². The van der Waals surface area contributed by atoms with Gasteiger partial charge in [0.2, 0.25) is 5.79 Å². The van der Waals surface area contributed by atoms with Crippen LogP contribution in [0.2, 0.25) is 0 Å². The number of hydrogen-bond donors (Lipinski definition) is 4. The van der Waals surface area contributed by atoms with E-state index in [1.54, 1.807) is 13.0 Å². The van der Waals surface area contributed by atoms with Crippen molar-refractivity contribution in [3.05, 3.63) is 40.2 Å². The van der Waals surface area contributed by atoms with Gasteiger partial charge in [-0.25, -0.2) is 9.59 Å². The third-order valence-corrected chi connectivity index (χ3v) is 6.13. The molecular weight excluding hydrogens is 384 g/mol. The fourth-order valence-corrected chi connectivity index (χ4v) is 3.65. The second-order valence-corrected chi connectivity index (χ2v) is 8.08. The number of aryl methyl sites for hydroxylation is 1. The molecule has 0 radical (unpaired) electrons. The number of carbonyl (C=O) groups is 1. The molecule has 2 heterocycles. The fourth-order valence-electron chi connectivity index (χ4n) is 3.65. The van der Waals surface area contributed by atoms with Gasteiger partial charge in [0.25, 0.3) is 0 Å². The minimum atomic E-state index is -2.34. The molecule has 0 bridgehead atoms. The summed E-state index contributed by atoms with van der Waals surface area (Å²) >= 11 is 0. The maximum atomic E-state index is 11.7. The van der Waals surface area contributed by atoms with Gasteiger partial charge in [-0.3, -0.25) is 0 Å². The molecule has 1 aromatic carbocycles. The maximum Gasteiger partial charge on any atom is 0.336 e. The van der Waals surface area contributed by atoms with Gasteiger partial charge in [-0.05, 0) is 45.4 Å². The lowest BCUT2D eigenvalue weighted by Crippen LogP contribution is -2.82. The summed E-state index contributed by atoms with van der Waals surface area (Å²) in [6.45, 7) is 6.34. The molecule has 1 aliphatic heterocycles. The van der Waals surface area contributed by atoms with Crippen LogP contribution in [0.15, 0.2) is 33.5 Å². The molecule has 2 aromatic rings. The Bertz CT molecular complexity index is 1030. The zero-order valence-electron chi connectivity index (χ0n) is 16.7. The molecule has 0 unspecified atom stereocenters. The lowest BCUT2D eigenvalue weighted by Gasteiger charge is -2.60. The highest BCUT2D eigenvalue weighted by Crippen LogP contribution is 2.49. The van der Waals surface area contributed by atoms with Crippen molar-refractivity contribution in [2.45, 2.75) is 63.3 Å². The predicted octanol–water partition coefficient (Wildman–Crippen LogP) is 0.933. The first-order valence-electron chi connectivity index (χ1n) is 8.95. The topological polar surface area (TPSA) is 147 Å². The van der Waals surface area contributed by atoms with Gasteiger partial charge in [0, 0.05) is 24.4 Å². The molecule has 1 aliphatic rings. The van der Waals surface area contributed by atoms with Crippen molar-refractivity contribution >= 4 is 16.9 Å². The Morgan fingerprint density at radius 2 is 1.69 bits per heavy atom. The van der Waals surface area contributed by atoms with Gasteiger partial charge in [0.05, 0.1) is 0 Å². The molecule has 158 valence electrons. The lowest BCUT2D eigenvalue weighted by molar-refractivity contribution is -0.407. The summed E-state index contributed by atoms with van der Waals surface area (Å²) in [7, 11) is 0. The van der Waals surface area contributed by atoms with Crippen molar-refractivity contribution in [1.82, 2.24) is 0 Å². The Morgan fingerprint density at radius 1 is 1.07 bits per heavy atom. The van der Waals surface area contributed by atoms with E-state index in [1.807, 2.05) is 0 Å². The number of carboxylic acids is 1. The first-order valence-corrected chi connectivity index (χ1v) is 8.95. The van der Waals surface area contributed by atoms with Crippen LogP contribution in [0.4, 0.5) is 0 Å². The third-order valence-electron chi connectivity index (χ3n) is 6.13. The highest BCUT2D eigenvalue weighted by molar-refractivity contribution is 5.81. The number of aliphatic hydroxyl groups is 3. The number of ether oxygens (including phenoxy) is 2. The average molecular weight is 408 g/mol. The summed E-state index contributed by atoms with van der Waals surface area (Å²) in [4.78, 5) is 23.3. The van der Waals surface area contributed by atoms with Gasteiger partial charge in [0.1, 0.15) is 22.5 Å². The summed E-state index contributed by atoms with van der Waals surface area (Å²) in [5.41, 5.74) is -6.56. The molecule has 1 saturated heterocycles. The summed E-state index contributed by atoms with van der Waals surface area (Å²) < 4.78 is 16.4. The largest absolute Gasteiger partial charge is 0.479 e. The average Bonchev–Trinajstić information content (AvgIpc) is 2.57. The van der Waals surface area contributed by atoms with Gasteiger partial charge in [-0.2, -0.15) is 0 Å². The van der Waals surface area contributed by atoms with E-state index in [1.165, 1.54) is 32.0 Å². The molecule has 1 aromatic heterocycles. The number of hydrogen-bond acceptors (Lipinski definition) is 8. The molecule has 0 saturated carbocycles. The van der Waals surface area contributed by atoms with Crippen molar-refractivity contribution in [3.63, 3.8) is 0 Å². The van der Waals surface area contributed by atoms with Crippen molar-refractivity contribution in [3.8, 4) is 5.75 Å². The summed E-state index contributed by atoms with van der Waals surface area (Å²) in [5.74, 6) is -3.53. The number of aliphatic carboxylic acids is 1. The maximum absolute atomic E-state index is 11.7. The monoisotopic (exact) mass is 408 g/mol. The zero-order chi connectivity index (χ0) is 22.0. The summed E-state index contributed by atoms with van der Waals surface area (Å²) in [5, 5.41) is 42.8. The lowest BCUT2D eigenvalue weighted by atomic mass is 9.65. The fraction of sp³-hybridized carbons (Fsp3) is 0.500. The molecule has 0 aliphatic carbocycles. The van der Waals surface area contributed by atoms with E-state index in [0.29, 0.717) is 10.9 Å². The Balaban J connectivity index is 2.10. The zero-order valence-corrected chi connectivity index (χ0v) is 16.7. The Hall–Kier alpha value is -2.46. The van der Waals surface area contributed by atoms with Crippen LogP contribution < -0.4 is 10.4 Å². The standard InChI is InChI=1S/C20H24O9/c1-10-8-14(21)27-13-9-11(6-7-12(10)13)28-20(5)19(4,26)18(3,25)17(2,24)15(29-20)16(22)23/h6-9,15,24-26H,1-5H3,(H,22,23)/t15-,17-,18-,19-,20-/m1/s1. The van der Waals surface area contributed by atoms with Crippen LogP contribution in [0.3, 0.4) is 0 Å². The van der Waals surface area contributed by atoms with Gasteiger partial charge in [0.15, 0.2) is 11.7 Å². The van der Waals surface area contributed by atoms with Crippen LogP contribution in [0.25, 0.3) is 11.0 Å². The van der Waals surface area contributed by atoms with Crippen LogP contribution in [0, 0.1) is 6.92 Å². The summed E-state index contributed by atoms with van der Waals surface area (Å²) in [6.07, 6.45) is -1.90. The van der Waals surface area contributed by atoms with E-state index in [0.717, 1.165) is 13.8 Å². The number of benzene rings is 1. The molecule has 0 amide bonds. The van der Waals surface area contributed by atoms with Gasteiger partial charge < -0.3 is 34.3 Å². The van der Waals surface area contributed by atoms with Crippen molar-refractivity contribution < 1.29 is 39.1 Å². The molecular formula is C20H24O9. The SMILES string of the molecule is Cc1cc(=O)oc2cc(O[C@]3(C)O[C@H](C(=O)O)[C@@](C)(O)[C@@](C)(O)[C@@]3(C)O)ccc12. The van der Waals surface area contributed by atoms with E-state index < -0.39 is 40.3 Å². The van der Waals surface area contributed by atoms with Gasteiger partial charge in [-0.15, -0.1) is 0 Å². The highest BCUT2D eigenvalue weighted by Gasteiger charge is 2.73. The van der Waals surface area contributed by atoms with Crippen LogP contribution in [0.1, 0.15) is 33.3 Å². The van der Waals surface area contributed by atoms with E-state index in [2.05, 4.69) is 0 Å². The predicted molar refractivity (Wildman–Crippen MR) is 101 cm³/mol. The second kappa shape index (κ2) is 6.27. The second-order valence-electron chi connectivity index (χ2n) is 8.08. The Morgan fingerprint density at radius 3 is 2.28 bits per heavy atom. The normalized spacial score (nSPS) is 37.4. The van der Waals surface area contributed by atoms with E-state index in [4.69, 9.17) is 13.9 Å². The van der Waals surface area contributed by atoms with Crippen molar-refractivity contribution in [2.24, 2.45) is 0 Å². The number of rotatable bonds is 3. The third kappa shape index (κ3) is 2.93. The summed E-state index contributed by atoms with van der Waals surface area (Å²) in [6, 6.07) is 5.89. The Labute approximate surface area is 166 Å². The molecule has 3 rings (SSSR count). The molecule has 4 N–H and O–H groups in total. The molecule has 9 heteroatoms. The van der Waals surface area contributed by atoms with Crippen molar-refractivity contribution in [2.75, 3.05) is 0 Å². The quantitative estimate of drug-likeness (QED) is 0.545.